The lowest BCUT2D eigenvalue weighted by Gasteiger charge is -2.33. The number of ether oxygens (including phenoxy) is 1. The summed E-state index contributed by atoms with van der Waals surface area (Å²) in [6.07, 6.45) is 0.891. The summed E-state index contributed by atoms with van der Waals surface area (Å²) in [7, 11) is -2.72. The molecule has 1 N–H and O–H groups in total. The van der Waals surface area contributed by atoms with Crippen molar-refractivity contribution >= 4 is 27.5 Å². The van der Waals surface area contributed by atoms with Gasteiger partial charge in [0.1, 0.15) is 18.3 Å². The molecule has 0 saturated carbocycles. The van der Waals surface area contributed by atoms with E-state index >= 15 is 0 Å². The summed E-state index contributed by atoms with van der Waals surface area (Å²) in [6, 6.07) is 20.7. The zero-order valence-electron chi connectivity index (χ0n) is 25.5. The number of aryl methyl sites for hydroxylation is 2. The lowest BCUT2D eigenvalue weighted by atomic mass is 10.1. The Bertz CT molecular complexity index is 1440. The predicted octanol–water partition coefficient (Wildman–Crippen LogP) is 5.13. The zero-order chi connectivity index (χ0) is 30.9. The molecule has 9 heteroatoms. The number of amides is 2. The largest absolute Gasteiger partial charge is 0.495 e. The van der Waals surface area contributed by atoms with Crippen LogP contribution in [0.25, 0.3) is 0 Å². The van der Waals surface area contributed by atoms with Gasteiger partial charge in [0.15, 0.2) is 0 Å². The molecule has 3 aromatic carbocycles. The number of methoxy groups -OCH3 is 1. The fourth-order valence-corrected chi connectivity index (χ4v) is 6.08. The van der Waals surface area contributed by atoms with Crippen LogP contribution < -0.4 is 14.4 Å². The first kappa shape index (κ1) is 32.7. The highest BCUT2D eigenvalue weighted by atomic mass is 32.2. The lowest BCUT2D eigenvalue weighted by molar-refractivity contribution is -0.139. The average Bonchev–Trinajstić information content (AvgIpc) is 2.97. The van der Waals surface area contributed by atoms with Gasteiger partial charge in [0.25, 0.3) is 10.0 Å². The third-order valence-electron chi connectivity index (χ3n) is 7.05. The molecular formula is C33H43N3O5S. The topological polar surface area (TPSA) is 96.0 Å². The Morgan fingerprint density at radius 3 is 2.17 bits per heavy atom. The summed E-state index contributed by atoms with van der Waals surface area (Å²) in [4.78, 5) is 29.1. The Kier molecular flexibility index (Phi) is 11.6. The summed E-state index contributed by atoms with van der Waals surface area (Å²) < 4.78 is 34.9. The van der Waals surface area contributed by atoms with Gasteiger partial charge in [-0.15, -0.1) is 0 Å². The van der Waals surface area contributed by atoms with E-state index in [1.165, 1.54) is 24.1 Å². The molecule has 0 unspecified atom stereocenters. The van der Waals surface area contributed by atoms with Crippen LogP contribution in [0.3, 0.4) is 0 Å². The third kappa shape index (κ3) is 8.35. The van der Waals surface area contributed by atoms with E-state index in [1.807, 2.05) is 71.0 Å². The minimum atomic E-state index is -4.18. The molecule has 8 nitrogen and oxygen atoms in total. The minimum absolute atomic E-state index is 0.0574. The number of carbonyl (C=O) groups excluding carboxylic acids is 2. The van der Waals surface area contributed by atoms with Crippen LogP contribution in [-0.2, 0) is 26.0 Å². The van der Waals surface area contributed by atoms with Gasteiger partial charge < -0.3 is 15.0 Å². The van der Waals surface area contributed by atoms with E-state index in [-0.39, 0.29) is 29.0 Å². The van der Waals surface area contributed by atoms with Crippen LogP contribution in [0.4, 0.5) is 5.69 Å². The van der Waals surface area contributed by atoms with Crippen LogP contribution in [0.15, 0.2) is 77.7 Å². The number of anilines is 1. The fourth-order valence-electron chi connectivity index (χ4n) is 4.66. The van der Waals surface area contributed by atoms with E-state index < -0.39 is 28.5 Å². The highest BCUT2D eigenvalue weighted by Crippen LogP contribution is 2.33. The summed E-state index contributed by atoms with van der Waals surface area (Å²) >= 11 is 0. The van der Waals surface area contributed by atoms with E-state index in [1.54, 1.807) is 24.3 Å². The van der Waals surface area contributed by atoms with E-state index in [4.69, 9.17) is 4.74 Å². The Labute approximate surface area is 250 Å². The summed E-state index contributed by atoms with van der Waals surface area (Å²) in [6.45, 7) is 9.81. The van der Waals surface area contributed by atoms with Crippen LogP contribution >= 0.6 is 0 Å². The van der Waals surface area contributed by atoms with E-state index in [9.17, 15) is 18.0 Å². The molecule has 0 aliphatic rings. The molecule has 3 rings (SSSR count). The smallest absolute Gasteiger partial charge is 0.264 e. The normalized spacial score (nSPS) is 12.1. The van der Waals surface area contributed by atoms with Crippen molar-refractivity contribution in [3.63, 3.8) is 0 Å². The van der Waals surface area contributed by atoms with E-state index in [2.05, 4.69) is 5.32 Å². The van der Waals surface area contributed by atoms with Crippen LogP contribution in [-0.4, -0.2) is 57.9 Å². The first-order valence-corrected chi connectivity index (χ1v) is 15.8. The maximum Gasteiger partial charge on any atom is 0.264 e. The second-order valence-electron chi connectivity index (χ2n) is 10.9. The van der Waals surface area contributed by atoms with Crippen molar-refractivity contribution in [3.8, 4) is 5.75 Å². The van der Waals surface area contributed by atoms with Gasteiger partial charge in [0.05, 0.1) is 17.7 Å². The summed E-state index contributed by atoms with van der Waals surface area (Å²) in [5, 5.41) is 2.95. The summed E-state index contributed by atoms with van der Waals surface area (Å²) in [5.41, 5.74) is 2.99. The predicted molar refractivity (Wildman–Crippen MR) is 167 cm³/mol. The zero-order valence-corrected chi connectivity index (χ0v) is 26.3. The number of hydrogen-bond donors (Lipinski definition) is 1. The minimum Gasteiger partial charge on any atom is -0.495 e. The average molecular weight is 594 g/mol. The number of benzene rings is 3. The van der Waals surface area contributed by atoms with Crippen LogP contribution in [0.2, 0.25) is 0 Å². The number of carbonyl (C=O) groups is 2. The van der Waals surface area contributed by atoms with E-state index in [0.29, 0.717) is 25.1 Å². The van der Waals surface area contributed by atoms with Crippen molar-refractivity contribution in [3.05, 3.63) is 89.5 Å². The monoisotopic (exact) mass is 593 g/mol. The number of nitrogens with zero attached hydrogens (tertiary/aromatic N) is 2. The molecule has 1 atom stereocenters. The highest BCUT2D eigenvalue weighted by molar-refractivity contribution is 7.92. The van der Waals surface area contributed by atoms with Crippen molar-refractivity contribution in [1.82, 2.24) is 10.2 Å². The van der Waals surface area contributed by atoms with Gasteiger partial charge in [-0.05, 0) is 68.0 Å². The van der Waals surface area contributed by atoms with E-state index in [0.717, 1.165) is 21.0 Å². The van der Waals surface area contributed by atoms with Gasteiger partial charge in [-0.25, -0.2) is 8.42 Å². The van der Waals surface area contributed by atoms with Crippen molar-refractivity contribution in [1.29, 1.82) is 0 Å². The number of rotatable bonds is 14. The van der Waals surface area contributed by atoms with Crippen molar-refractivity contribution in [2.45, 2.75) is 58.4 Å². The highest BCUT2D eigenvalue weighted by Gasteiger charge is 2.34. The van der Waals surface area contributed by atoms with Crippen LogP contribution in [0.5, 0.6) is 5.75 Å². The molecule has 42 heavy (non-hydrogen) atoms. The Morgan fingerprint density at radius 1 is 0.929 bits per heavy atom. The van der Waals surface area contributed by atoms with Crippen molar-refractivity contribution in [2.24, 2.45) is 5.92 Å². The molecule has 2 amide bonds. The molecule has 0 saturated heterocycles. The first-order chi connectivity index (χ1) is 20.0. The molecule has 3 aromatic rings. The number of hydrogen-bond acceptors (Lipinski definition) is 5. The third-order valence-corrected chi connectivity index (χ3v) is 8.82. The molecule has 0 aromatic heterocycles. The molecule has 0 aliphatic heterocycles. The van der Waals surface area contributed by atoms with Crippen molar-refractivity contribution < 1.29 is 22.7 Å². The van der Waals surface area contributed by atoms with Gasteiger partial charge in [-0.3, -0.25) is 13.9 Å². The molecule has 0 spiro atoms. The standard InChI is InChI=1S/C33H43N3O5S/c1-7-29(33(38)34-22-24(2)3)35(20-19-27-11-9-8-10-12-27)32(37)23-36(30-21-26(5)15-18-31(30)41-6)42(39,40)28-16-13-25(4)14-17-28/h8-18,21,24,29H,7,19-20,22-23H2,1-6H3,(H,34,38)/t29-/m0/s1. The van der Waals surface area contributed by atoms with Gasteiger partial charge in [-0.1, -0.05) is 74.9 Å². The van der Waals surface area contributed by atoms with Crippen LogP contribution in [0, 0.1) is 19.8 Å². The summed E-state index contributed by atoms with van der Waals surface area (Å²) in [5.74, 6) is -0.170. The molecule has 226 valence electrons. The number of sulfonamides is 1. The van der Waals surface area contributed by atoms with Gasteiger partial charge in [-0.2, -0.15) is 0 Å². The maximum absolute atomic E-state index is 14.2. The molecular weight excluding hydrogens is 550 g/mol. The van der Waals surface area contributed by atoms with Crippen LogP contribution in [0.1, 0.15) is 43.9 Å². The maximum atomic E-state index is 14.2. The van der Waals surface area contributed by atoms with Gasteiger partial charge >= 0.3 is 0 Å². The Morgan fingerprint density at radius 2 is 1.57 bits per heavy atom. The lowest BCUT2D eigenvalue weighted by Crippen LogP contribution is -2.53. The van der Waals surface area contributed by atoms with Gasteiger partial charge in [0, 0.05) is 13.1 Å². The van der Waals surface area contributed by atoms with Gasteiger partial charge in [0.2, 0.25) is 11.8 Å². The fraction of sp³-hybridized carbons (Fsp3) is 0.394. The quantitative estimate of drug-likeness (QED) is 0.280. The second-order valence-corrected chi connectivity index (χ2v) is 12.7. The molecule has 0 radical (unpaired) electrons. The molecule has 0 bridgehead atoms. The Hall–Kier alpha value is -3.85. The molecule has 0 aliphatic carbocycles. The number of nitrogens with one attached hydrogen (secondary N) is 1. The molecule has 0 heterocycles. The SMILES string of the molecule is CC[C@@H](C(=O)NCC(C)C)N(CCc1ccccc1)C(=O)CN(c1cc(C)ccc1OC)S(=O)(=O)c1ccc(C)cc1. The Balaban J connectivity index is 2.06. The second kappa shape index (κ2) is 14.9. The first-order valence-electron chi connectivity index (χ1n) is 14.3. The molecule has 0 fully saturated rings. The van der Waals surface area contributed by atoms with Crippen molar-refractivity contribution in [2.75, 3.05) is 31.0 Å².